The lowest BCUT2D eigenvalue weighted by molar-refractivity contribution is -0.121. The minimum absolute atomic E-state index is 0.0136. The molecular weight excluding hydrogens is 242 g/mol. The van der Waals surface area contributed by atoms with Crippen LogP contribution in [0.5, 0.6) is 0 Å². The molecule has 1 aromatic heterocycles. The van der Waals surface area contributed by atoms with E-state index in [-0.39, 0.29) is 24.6 Å². The Morgan fingerprint density at radius 1 is 1.44 bits per heavy atom. The monoisotopic (exact) mass is 257 g/mol. The molecule has 0 atom stereocenters. The number of amides is 1. The number of carboxylic acid groups (broad SMARTS) is 1. The molecule has 3 N–H and O–H groups in total. The predicted octanol–water partition coefficient (Wildman–Crippen LogP) is 0.0178. The number of hydrogen-bond acceptors (Lipinski definition) is 5. The fourth-order valence-corrected chi connectivity index (χ4v) is 1.26. The van der Waals surface area contributed by atoms with Crippen LogP contribution in [0.1, 0.15) is 16.1 Å². The third-order valence-electron chi connectivity index (χ3n) is 2.08. The molecule has 0 aliphatic rings. The Balaban J connectivity index is 2.52. The van der Waals surface area contributed by atoms with E-state index < -0.39 is 11.9 Å². The normalized spacial score (nSPS) is 10.3. The summed E-state index contributed by atoms with van der Waals surface area (Å²) in [5.74, 6) is -1.64. The van der Waals surface area contributed by atoms with E-state index in [9.17, 15) is 9.59 Å². The molecule has 0 bridgehead atoms. The van der Waals surface area contributed by atoms with E-state index in [1.807, 2.05) is 0 Å². The van der Waals surface area contributed by atoms with Crippen LogP contribution < -0.4 is 5.32 Å². The first-order valence-corrected chi connectivity index (χ1v) is 5.21. The summed E-state index contributed by atoms with van der Waals surface area (Å²) < 4.78 is 9.74. The summed E-state index contributed by atoms with van der Waals surface area (Å²) in [6.07, 6.45) is 0. The molecule has 1 rings (SSSR count). The van der Waals surface area contributed by atoms with Crippen LogP contribution in [0.2, 0.25) is 0 Å². The summed E-state index contributed by atoms with van der Waals surface area (Å²) >= 11 is 0. The van der Waals surface area contributed by atoms with Crippen LogP contribution in [0, 0.1) is 6.92 Å². The number of ether oxygens (including phenoxy) is 2. The predicted molar refractivity (Wildman–Crippen MR) is 61.6 cm³/mol. The molecule has 1 amide bonds. The number of carbonyl (C=O) groups is 2. The van der Waals surface area contributed by atoms with E-state index in [4.69, 9.17) is 14.6 Å². The number of carbonyl (C=O) groups excluding carboxylic acids is 1. The highest BCUT2D eigenvalue weighted by Gasteiger charge is 2.18. The number of H-pyrrole nitrogens is 1. The topological polar surface area (TPSA) is 114 Å². The molecule has 0 saturated heterocycles. The summed E-state index contributed by atoms with van der Waals surface area (Å²) in [5, 5.41) is 17.5. The lowest BCUT2D eigenvalue weighted by atomic mass is 10.2. The zero-order valence-corrected chi connectivity index (χ0v) is 10.1. The first kappa shape index (κ1) is 14.1. The second-order valence-corrected chi connectivity index (χ2v) is 3.47. The number of carboxylic acids is 1. The molecule has 100 valence electrons. The highest BCUT2D eigenvalue weighted by Crippen LogP contribution is 2.15. The van der Waals surface area contributed by atoms with Gasteiger partial charge in [0.2, 0.25) is 0 Å². The van der Waals surface area contributed by atoms with Gasteiger partial charge in [0, 0.05) is 12.8 Å². The molecule has 0 spiro atoms. The number of nitrogens with one attached hydrogen (secondary N) is 2. The Morgan fingerprint density at radius 2 is 2.17 bits per heavy atom. The smallest absolute Gasteiger partial charge is 0.341 e. The summed E-state index contributed by atoms with van der Waals surface area (Å²) in [4.78, 5) is 22.4. The van der Waals surface area contributed by atoms with Crippen LogP contribution in [0.25, 0.3) is 0 Å². The Morgan fingerprint density at radius 3 is 2.78 bits per heavy atom. The number of aromatic nitrogens is 2. The van der Waals surface area contributed by atoms with Gasteiger partial charge in [0.25, 0.3) is 5.91 Å². The van der Waals surface area contributed by atoms with Gasteiger partial charge in [-0.25, -0.2) is 4.79 Å². The maximum Gasteiger partial charge on any atom is 0.341 e. The maximum absolute atomic E-state index is 11.4. The zero-order valence-electron chi connectivity index (χ0n) is 10.1. The van der Waals surface area contributed by atoms with Crippen LogP contribution in [0.15, 0.2) is 0 Å². The average Bonchev–Trinajstić information content (AvgIpc) is 2.66. The average molecular weight is 257 g/mol. The van der Waals surface area contributed by atoms with Crippen molar-refractivity contribution < 1.29 is 24.2 Å². The number of aryl methyl sites for hydroxylation is 1. The molecule has 0 unspecified atom stereocenters. The number of aromatic amines is 1. The van der Waals surface area contributed by atoms with Crippen molar-refractivity contribution >= 4 is 17.7 Å². The minimum Gasteiger partial charge on any atom is -0.477 e. The van der Waals surface area contributed by atoms with Crippen LogP contribution in [0.4, 0.5) is 5.82 Å². The van der Waals surface area contributed by atoms with Crippen molar-refractivity contribution in [3.63, 3.8) is 0 Å². The second kappa shape index (κ2) is 6.72. The molecule has 0 saturated carbocycles. The molecule has 18 heavy (non-hydrogen) atoms. The van der Waals surface area contributed by atoms with E-state index in [0.717, 1.165) is 0 Å². The quantitative estimate of drug-likeness (QED) is 0.593. The standard InChI is InChI=1S/C10H15N3O5/c1-6-8(10(15)16)9(13-12-6)11-7(14)5-18-4-3-17-2/h3-5H2,1-2H3,(H,15,16)(H2,11,12,13,14). The van der Waals surface area contributed by atoms with E-state index in [1.165, 1.54) is 7.11 Å². The molecule has 0 aliphatic heterocycles. The zero-order chi connectivity index (χ0) is 13.5. The van der Waals surface area contributed by atoms with Gasteiger partial charge in [-0.05, 0) is 6.92 Å². The number of methoxy groups -OCH3 is 1. The fourth-order valence-electron chi connectivity index (χ4n) is 1.26. The molecular formula is C10H15N3O5. The summed E-state index contributed by atoms with van der Waals surface area (Å²) in [7, 11) is 1.52. The van der Waals surface area contributed by atoms with Crippen LogP contribution in [0.3, 0.4) is 0 Å². The summed E-state index contributed by atoms with van der Waals surface area (Å²) in [5.41, 5.74) is 0.318. The molecule has 8 heteroatoms. The Labute approximate surface area is 103 Å². The van der Waals surface area contributed by atoms with Gasteiger partial charge >= 0.3 is 5.97 Å². The van der Waals surface area contributed by atoms with Gasteiger partial charge in [0.1, 0.15) is 12.2 Å². The van der Waals surface area contributed by atoms with Crippen molar-refractivity contribution in [1.82, 2.24) is 10.2 Å². The summed E-state index contributed by atoms with van der Waals surface area (Å²) in [6, 6.07) is 0. The molecule has 0 radical (unpaired) electrons. The number of anilines is 1. The lowest BCUT2D eigenvalue weighted by Crippen LogP contribution is -2.21. The van der Waals surface area contributed by atoms with E-state index in [0.29, 0.717) is 12.3 Å². The lowest BCUT2D eigenvalue weighted by Gasteiger charge is -2.04. The van der Waals surface area contributed by atoms with Gasteiger partial charge in [-0.3, -0.25) is 9.89 Å². The first-order chi connectivity index (χ1) is 8.56. The van der Waals surface area contributed by atoms with Gasteiger partial charge in [0.05, 0.1) is 13.2 Å². The number of aromatic carboxylic acids is 1. The van der Waals surface area contributed by atoms with Crippen molar-refractivity contribution in [2.45, 2.75) is 6.92 Å². The number of nitrogens with zero attached hydrogens (tertiary/aromatic N) is 1. The largest absolute Gasteiger partial charge is 0.477 e. The Kier molecular flexibility index (Phi) is 5.28. The van der Waals surface area contributed by atoms with Crippen molar-refractivity contribution in [2.24, 2.45) is 0 Å². The van der Waals surface area contributed by atoms with Crippen LogP contribution in [-0.2, 0) is 14.3 Å². The highest BCUT2D eigenvalue weighted by atomic mass is 16.5. The highest BCUT2D eigenvalue weighted by molar-refractivity contribution is 6.00. The Bertz CT molecular complexity index is 429. The van der Waals surface area contributed by atoms with Crippen molar-refractivity contribution in [3.8, 4) is 0 Å². The first-order valence-electron chi connectivity index (χ1n) is 5.21. The summed E-state index contributed by atoms with van der Waals surface area (Å²) in [6.45, 7) is 2.04. The van der Waals surface area contributed by atoms with Gasteiger partial charge in [-0.1, -0.05) is 0 Å². The molecule has 0 aromatic carbocycles. The van der Waals surface area contributed by atoms with Gasteiger partial charge in [0.15, 0.2) is 5.82 Å². The van der Waals surface area contributed by atoms with Gasteiger partial charge in [-0.2, -0.15) is 5.10 Å². The van der Waals surface area contributed by atoms with E-state index in [2.05, 4.69) is 15.5 Å². The van der Waals surface area contributed by atoms with Crippen LogP contribution in [-0.4, -0.2) is 54.1 Å². The van der Waals surface area contributed by atoms with Crippen LogP contribution >= 0.6 is 0 Å². The van der Waals surface area contributed by atoms with Crippen molar-refractivity contribution in [2.75, 3.05) is 32.2 Å². The van der Waals surface area contributed by atoms with E-state index in [1.54, 1.807) is 6.92 Å². The number of rotatable bonds is 7. The third-order valence-corrected chi connectivity index (χ3v) is 2.08. The van der Waals surface area contributed by atoms with Gasteiger partial charge < -0.3 is 19.9 Å². The third kappa shape index (κ3) is 3.82. The minimum atomic E-state index is -1.16. The van der Waals surface area contributed by atoms with Crippen molar-refractivity contribution in [3.05, 3.63) is 11.3 Å². The molecule has 0 aliphatic carbocycles. The van der Waals surface area contributed by atoms with Gasteiger partial charge in [-0.15, -0.1) is 0 Å². The number of hydrogen-bond donors (Lipinski definition) is 3. The molecule has 8 nitrogen and oxygen atoms in total. The molecule has 1 heterocycles. The SMILES string of the molecule is COCCOCC(=O)Nc1n[nH]c(C)c1C(=O)O. The second-order valence-electron chi connectivity index (χ2n) is 3.47. The maximum atomic E-state index is 11.4. The Hall–Kier alpha value is -1.93. The fraction of sp³-hybridized carbons (Fsp3) is 0.500. The van der Waals surface area contributed by atoms with Crippen molar-refractivity contribution in [1.29, 1.82) is 0 Å². The van der Waals surface area contributed by atoms with E-state index >= 15 is 0 Å². The molecule has 0 fully saturated rings. The molecule has 1 aromatic rings.